The first-order valence-electron chi connectivity index (χ1n) is 13.9. The molecule has 0 radical (unpaired) electrons. The van der Waals surface area contributed by atoms with Crippen LogP contribution in [0.4, 0.5) is 18.0 Å². The lowest BCUT2D eigenvalue weighted by Crippen LogP contribution is -2.48. The van der Waals surface area contributed by atoms with Crippen LogP contribution in [0.1, 0.15) is 90.7 Å². The predicted molar refractivity (Wildman–Crippen MR) is 150 cm³/mol. The number of nitrogens with one attached hydrogen (secondary N) is 1. The number of hydrogen-bond acceptors (Lipinski definition) is 5. The van der Waals surface area contributed by atoms with Crippen molar-refractivity contribution in [2.45, 2.75) is 103 Å². The molecular formula is C29H41F3NO7P. The molecule has 1 aliphatic carbocycles. The number of carbonyl (C=O) groups is 1. The molecule has 2 aromatic carbocycles. The van der Waals surface area contributed by atoms with Crippen molar-refractivity contribution < 1.29 is 46.3 Å². The highest BCUT2D eigenvalue weighted by Gasteiger charge is 2.39. The molecule has 1 amide bonds. The third-order valence-electron chi connectivity index (χ3n) is 7.25. The Bertz CT molecular complexity index is 1250. The lowest BCUT2D eigenvalue weighted by Gasteiger charge is -2.33. The fourth-order valence-corrected chi connectivity index (χ4v) is 5.61. The van der Waals surface area contributed by atoms with Gasteiger partial charge in [-0.05, 0) is 87.8 Å². The van der Waals surface area contributed by atoms with E-state index in [-0.39, 0.29) is 28.2 Å². The molecule has 1 saturated carbocycles. The number of ether oxygens (including phenoxy) is 2. The lowest BCUT2D eigenvalue weighted by molar-refractivity contribution is -0.138. The van der Waals surface area contributed by atoms with Crippen LogP contribution in [-0.4, -0.2) is 34.2 Å². The number of alkyl halides is 3. The second kappa shape index (κ2) is 12.9. The maximum atomic E-state index is 14.4. The van der Waals surface area contributed by atoms with Crippen LogP contribution >= 0.6 is 7.82 Å². The van der Waals surface area contributed by atoms with Crippen LogP contribution in [0.25, 0.3) is 10.8 Å². The number of fused-ring (bicyclic) bond motifs is 1. The Labute approximate surface area is 239 Å². The van der Waals surface area contributed by atoms with E-state index in [4.69, 9.17) is 14.0 Å². The SMILES string of the molecule is CCCCC1CCC(Oc2ccc3cc([C@](C)(COP(=O)(O)O)NC(=O)OC(C)(C)C)ccc3c2C(F)(F)F)CC1. The summed E-state index contributed by atoms with van der Waals surface area (Å²) in [5.74, 6) is 0.360. The Balaban J connectivity index is 1.95. The van der Waals surface area contributed by atoms with Crippen molar-refractivity contribution in [1.82, 2.24) is 5.32 Å². The zero-order chi connectivity index (χ0) is 30.6. The molecule has 1 fully saturated rings. The lowest BCUT2D eigenvalue weighted by atomic mass is 9.84. The van der Waals surface area contributed by atoms with E-state index in [0.29, 0.717) is 18.8 Å². The summed E-state index contributed by atoms with van der Waals surface area (Å²) in [7, 11) is -4.94. The average molecular weight is 604 g/mol. The van der Waals surface area contributed by atoms with Crippen LogP contribution in [0.3, 0.4) is 0 Å². The van der Waals surface area contributed by atoms with E-state index >= 15 is 0 Å². The number of hydrogen-bond donors (Lipinski definition) is 3. The summed E-state index contributed by atoms with van der Waals surface area (Å²) in [6.45, 7) is 7.83. The summed E-state index contributed by atoms with van der Waals surface area (Å²) in [6.07, 6.45) is 0.803. The minimum absolute atomic E-state index is 0.0918. The highest BCUT2D eigenvalue weighted by Crippen LogP contribution is 2.44. The molecule has 0 unspecified atom stereocenters. The van der Waals surface area contributed by atoms with E-state index in [9.17, 15) is 32.3 Å². The van der Waals surface area contributed by atoms with Gasteiger partial charge in [0, 0.05) is 0 Å². The molecule has 12 heteroatoms. The Kier molecular flexibility index (Phi) is 10.4. The maximum absolute atomic E-state index is 14.4. The van der Waals surface area contributed by atoms with Crippen molar-refractivity contribution in [3.8, 4) is 5.75 Å². The predicted octanol–water partition coefficient (Wildman–Crippen LogP) is 7.84. The first-order valence-corrected chi connectivity index (χ1v) is 15.5. The summed E-state index contributed by atoms with van der Waals surface area (Å²) in [6, 6.07) is 6.87. The Morgan fingerprint density at radius 1 is 1.05 bits per heavy atom. The van der Waals surface area contributed by atoms with E-state index in [1.54, 1.807) is 20.8 Å². The smallest absolute Gasteiger partial charge is 0.469 e. The highest BCUT2D eigenvalue weighted by atomic mass is 31.2. The van der Waals surface area contributed by atoms with Crippen LogP contribution in [0.5, 0.6) is 5.75 Å². The van der Waals surface area contributed by atoms with Gasteiger partial charge in [0.15, 0.2) is 0 Å². The fourth-order valence-electron chi connectivity index (χ4n) is 5.19. The maximum Gasteiger partial charge on any atom is 0.469 e. The summed E-state index contributed by atoms with van der Waals surface area (Å²) in [5, 5.41) is 2.67. The molecule has 230 valence electrons. The van der Waals surface area contributed by atoms with Crippen LogP contribution in [0.15, 0.2) is 30.3 Å². The Morgan fingerprint density at radius 2 is 1.71 bits per heavy atom. The minimum Gasteiger partial charge on any atom is -0.490 e. The Hall–Kier alpha value is -2.33. The van der Waals surface area contributed by atoms with Gasteiger partial charge in [-0.15, -0.1) is 0 Å². The van der Waals surface area contributed by atoms with Crippen molar-refractivity contribution in [2.24, 2.45) is 5.92 Å². The molecule has 0 saturated heterocycles. The zero-order valence-corrected chi connectivity index (χ0v) is 25.1. The van der Waals surface area contributed by atoms with Gasteiger partial charge in [-0.2, -0.15) is 13.2 Å². The van der Waals surface area contributed by atoms with Crippen molar-refractivity contribution >= 4 is 24.7 Å². The molecule has 3 N–H and O–H groups in total. The van der Waals surface area contributed by atoms with Crippen LogP contribution in [0, 0.1) is 5.92 Å². The number of phosphoric acid groups is 1. The fraction of sp³-hybridized carbons (Fsp3) is 0.621. The third kappa shape index (κ3) is 9.60. The van der Waals surface area contributed by atoms with E-state index in [0.717, 1.165) is 32.1 Å². The number of rotatable bonds is 10. The van der Waals surface area contributed by atoms with Gasteiger partial charge >= 0.3 is 20.1 Å². The second-order valence-electron chi connectivity index (χ2n) is 12.0. The van der Waals surface area contributed by atoms with Crippen molar-refractivity contribution in [3.63, 3.8) is 0 Å². The molecule has 8 nitrogen and oxygen atoms in total. The Morgan fingerprint density at radius 3 is 2.27 bits per heavy atom. The largest absolute Gasteiger partial charge is 0.490 e. The number of benzene rings is 2. The second-order valence-corrected chi connectivity index (χ2v) is 13.2. The summed E-state index contributed by atoms with van der Waals surface area (Å²) < 4.78 is 70.5. The number of amides is 1. The van der Waals surface area contributed by atoms with Gasteiger partial charge in [0.25, 0.3) is 0 Å². The molecule has 0 aliphatic heterocycles. The first-order chi connectivity index (χ1) is 18.9. The van der Waals surface area contributed by atoms with Gasteiger partial charge in [0.05, 0.1) is 18.2 Å². The zero-order valence-electron chi connectivity index (χ0n) is 24.2. The van der Waals surface area contributed by atoms with Crippen molar-refractivity contribution in [2.75, 3.05) is 6.61 Å². The third-order valence-corrected chi connectivity index (χ3v) is 7.72. The van der Waals surface area contributed by atoms with E-state index < -0.39 is 43.4 Å². The molecule has 41 heavy (non-hydrogen) atoms. The molecule has 0 spiro atoms. The molecule has 0 bridgehead atoms. The number of phosphoric ester groups is 1. The number of alkyl carbamates (subject to hydrolysis) is 1. The van der Waals surface area contributed by atoms with Gasteiger partial charge in [0.2, 0.25) is 0 Å². The number of unbranched alkanes of at least 4 members (excludes halogenated alkanes) is 1. The highest BCUT2D eigenvalue weighted by molar-refractivity contribution is 7.46. The van der Waals surface area contributed by atoms with Gasteiger partial charge in [0.1, 0.15) is 16.9 Å². The number of halogens is 3. The van der Waals surface area contributed by atoms with Gasteiger partial charge in [-0.3, -0.25) is 4.52 Å². The van der Waals surface area contributed by atoms with Crippen molar-refractivity contribution in [3.05, 3.63) is 41.5 Å². The molecule has 3 rings (SSSR count). The summed E-state index contributed by atoms with van der Waals surface area (Å²) in [5.41, 5.74) is -3.05. The average Bonchev–Trinajstić information content (AvgIpc) is 2.84. The van der Waals surface area contributed by atoms with Gasteiger partial charge in [-0.25, -0.2) is 9.36 Å². The van der Waals surface area contributed by atoms with Crippen LogP contribution in [0.2, 0.25) is 0 Å². The van der Waals surface area contributed by atoms with Crippen LogP contribution < -0.4 is 10.1 Å². The minimum atomic E-state index is -4.94. The van der Waals surface area contributed by atoms with Gasteiger partial charge in [-0.1, -0.05) is 44.4 Å². The molecular weight excluding hydrogens is 562 g/mol. The standard InChI is InChI=1S/C29H41F3NO7P/c1-6-7-8-19-9-13-22(14-10-19)39-24-16-11-20-17-21(12-15-23(20)25(24)29(30,31)32)28(5,18-38-41(35,36)37)33-26(34)40-27(2,3)4/h11-12,15-17,19,22H,6-10,13-14,18H2,1-5H3,(H,33,34)(H2,35,36,37)/t19?,22?,28-/m0/s1. The van der Waals surface area contributed by atoms with E-state index in [1.807, 2.05) is 0 Å². The first kappa shape index (κ1) is 33.2. The normalized spacial score (nSPS) is 20.0. The number of carbonyl (C=O) groups excluding carboxylic acids is 1. The summed E-state index contributed by atoms with van der Waals surface area (Å²) in [4.78, 5) is 31.1. The van der Waals surface area contributed by atoms with E-state index in [2.05, 4.69) is 12.2 Å². The molecule has 2 aromatic rings. The van der Waals surface area contributed by atoms with E-state index in [1.165, 1.54) is 37.3 Å². The molecule has 0 aromatic heterocycles. The monoisotopic (exact) mass is 603 g/mol. The summed E-state index contributed by atoms with van der Waals surface area (Å²) >= 11 is 0. The van der Waals surface area contributed by atoms with Crippen LogP contribution in [-0.2, 0) is 25.5 Å². The molecule has 1 atom stereocenters. The van der Waals surface area contributed by atoms with Crippen molar-refractivity contribution in [1.29, 1.82) is 0 Å². The quantitative estimate of drug-likeness (QED) is 0.237. The van der Waals surface area contributed by atoms with Gasteiger partial charge < -0.3 is 24.6 Å². The topological polar surface area (TPSA) is 114 Å². The molecule has 0 heterocycles. The molecule has 1 aliphatic rings.